The van der Waals surface area contributed by atoms with Gasteiger partial charge in [0.25, 0.3) is 0 Å². The number of rotatable bonds is 6. The third kappa shape index (κ3) is 6.02. The van der Waals surface area contributed by atoms with Crippen LogP contribution in [0.2, 0.25) is 0 Å². The molecule has 98 valence electrons. The Labute approximate surface area is 103 Å². The van der Waals surface area contributed by atoms with Crippen molar-refractivity contribution in [3.8, 4) is 0 Å². The van der Waals surface area contributed by atoms with Gasteiger partial charge in [0, 0.05) is 30.7 Å². The Balaban J connectivity index is 2.36. The van der Waals surface area contributed by atoms with Gasteiger partial charge in [0.15, 0.2) is 0 Å². The molecule has 0 aliphatic rings. The fourth-order valence-corrected chi connectivity index (χ4v) is 2.00. The van der Waals surface area contributed by atoms with Crippen LogP contribution in [-0.4, -0.2) is 21.9 Å². The number of thioether (sulfide) groups is 1. The molecule has 1 unspecified atom stereocenters. The highest BCUT2D eigenvalue weighted by Crippen LogP contribution is 2.30. The predicted octanol–water partition coefficient (Wildman–Crippen LogP) is 3.02. The summed E-state index contributed by atoms with van der Waals surface area (Å²) in [5.41, 5.74) is 2.75. The first-order chi connectivity index (χ1) is 7.90. The number of aryl methyl sites for hydroxylation is 1. The van der Waals surface area contributed by atoms with Gasteiger partial charge in [-0.05, 0) is 36.2 Å². The molecule has 0 bridgehead atoms. The summed E-state index contributed by atoms with van der Waals surface area (Å²) in [4.78, 5) is 0. The van der Waals surface area contributed by atoms with Crippen molar-refractivity contribution in [3.05, 3.63) is 24.0 Å². The molecule has 1 rings (SSSR count). The fourth-order valence-electron chi connectivity index (χ4n) is 1.46. The van der Waals surface area contributed by atoms with Crippen molar-refractivity contribution < 1.29 is 13.2 Å². The zero-order chi connectivity index (χ0) is 12.9. The molecule has 1 atom stereocenters. The maximum atomic E-state index is 11.9. The minimum Gasteiger partial charge on any atom is -0.353 e. The molecule has 0 aliphatic heterocycles. The Kier molecular flexibility index (Phi) is 5.39. The second kappa shape index (κ2) is 6.35. The number of hydrogen-bond acceptors (Lipinski definition) is 2. The van der Waals surface area contributed by atoms with Gasteiger partial charge < -0.3 is 10.3 Å². The normalized spacial score (nSPS) is 13.9. The second-order valence-corrected chi connectivity index (χ2v) is 5.08. The van der Waals surface area contributed by atoms with Crippen LogP contribution in [-0.2, 0) is 13.0 Å². The van der Waals surface area contributed by atoms with Crippen molar-refractivity contribution in [1.29, 1.82) is 0 Å². The van der Waals surface area contributed by atoms with Gasteiger partial charge in [-0.25, -0.2) is 0 Å². The highest BCUT2D eigenvalue weighted by atomic mass is 32.2. The summed E-state index contributed by atoms with van der Waals surface area (Å²) < 4.78 is 37.5. The van der Waals surface area contributed by atoms with Crippen LogP contribution in [0.4, 0.5) is 13.2 Å². The first-order valence-electron chi connectivity index (χ1n) is 5.51. The topological polar surface area (TPSA) is 30.9 Å². The average molecular weight is 266 g/mol. The summed E-state index contributed by atoms with van der Waals surface area (Å²) in [6.07, 6.45) is 5.34. The highest BCUT2D eigenvalue weighted by Gasteiger charge is 2.27. The number of halogens is 3. The van der Waals surface area contributed by atoms with E-state index >= 15 is 0 Å². The van der Waals surface area contributed by atoms with Gasteiger partial charge in [0.2, 0.25) is 0 Å². The van der Waals surface area contributed by atoms with E-state index in [1.807, 2.05) is 19.2 Å². The molecule has 0 spiro atoms. The van der Waals surface area contributed by atoms with Crippen LogP contribution < -0.4 is 5.73 Å². The molecule has 17 heavy (non-hydrogen) atoms. The maximum Gasteiger partial charge on any atom is 0.441 e. The first-order valence-corrected chi connectivity index (χ1v) is 6.50. The number of nitrogens with zero attached hydrogens (tertiary/aromatic N) is 1. The Bertz CT molecular complexity index is 336. The molecule has 6 heteroatoms. The quantitative estimate of drug-likeness (QED) is 0.858. The first kappa shape index (κ1) is 14.4. The number of alkyl halides is 3. The predicted molar refractivity (Wildman–Crippen MR) is 64.9 cm³/mol. The van der Waals surface area contributed by atoms with Gasteiger partial charge in [0.05, 0.1) is 0 Å². The molecule has 0 amide bonds. The zero-order valence-corrected chi connectivity index (χ0v) is 10.5. The maximum absolute atomic E-state index is 11.9. The molecule has 0 fully saturated rings. The Morgan fingerprint density at radius 1 is 1.47 bits per heavy atom. The molecule has 0 aliphatic carbocycles. The molecule has 0 aromatic carbocycles. The standard InChI is InChI=1S/C11H17F3N2S/c1-2-10(15)7-9-3-4-16(8-9)5-6-17-11(12,13)14/h3-4,8,10H,2,5-7,15H2,1H3. The van der Waals surface area contributed by atoms with Crippen molar-refractivity contribution >= 4 is 11.8 Å². The lowest BCUT2D eigenvalue weighted by molar-refractivity contribution is -0.0328. The third-order valence-electron chi connectivity index (χ3n) is 2.45. The summed E-state index contributed by atoms with van der Waals surface area (Å²) in [7, 11) is 0. The van der Waals surface area contributed by atoms with Gasteiger partial charge in [-0.1, -0.05) is 6.92 Å². The third-order valence-corrected chi connectivity index (χ3v) is 3.16. The Hall–Kier alpha value is -0.620. The van der Waals surface area contributed by atoms with E-state index in [4.69, 9.17) is 5.73 Å². The molecule has 0 saturated carbocycles. The van der Waals surface area contributed by atoms with Crippen LogP contribution in [0.15, 0.2) is 18.5 Å². The lowest BCUT2D eigenvalue weighted by Crippen LogP contribution is -2.21. The van der Waals surface area contributed by atoms with Crippen molar-refractivity contribution in [2.75, 3.05) is 5.75 Å². The van der Waals surface area contributed by atoms with E-state index < -0.39 is 5.51 Å². The largest absolute Gasteiger partial charge is 0.441 e. The minimum atomic E-state index is -4.14. The number of hydrogen-bond donors (Lipinski definition) is 1. The van der Waals surface area contributed by atoms with Crippen LogP contribution >= 0.6 is 11.8 Å². The van der Waals surface area contributed by atoms with E-state index in [0.717, 1.165) is 18.4 Å². The molecule has 1 aromatic rings. The van der Waals surface area contributed by atoms with Gasteiger partial charge in [-0.3, -0.25) is 0 Å². The van der Waals surface area contributed by atoms with E-state index in [2.05, 4.69) is 0 Å². The van der Waals surface area contributed by atoms with Crippen LogP contribution in [0.5, 0.6) is 0 Å². The molecular weight excluding hydrogens is 249 g/mol. The Morgan fingerprint density at radius 2 is 2.18 bits per heavy atom. The summed E-state index contributed by atoms with van der Waals surface area (Å²) in [6.45, 7) is 2.38. The van der Waals surface area contributed by atoms with Crippen LogP contribution in [0, 0.1) is 0 Å². The van der Waals surface area contributed by atoms with Crippen LogP contribution in [0.3, 0.4) is 0 Å². The van der Waals surface area contributed by atoms with Gasteiger partial charge in [-0.15, -0.1) is 0 Å². The van der Waals surface area contributed by atoms with Crippen molar-refractivity contribution in [3.63, 3.8) is 0 Å². The molecule has 2 nitrogen and oxygen atoms in total. The summed E-state index contributed by atoms with van der Waals surface area (Å²) in [5.74, 6) is 0.0391. The van der Waals surface area contributed by atoms with E-state index in [1.165, 1.54) is 0 Å². The van der Waals surface area contributed by atoms with Gasteiger partial charge in [0.1, 0.15) is 0 Å². The van der Waals surface area contributed by atoms with Gasteiger partial charge in [-0.2, -0.15) is 13.2 Å². The van der Waals surface area contributed by atoms with Crippen molar-refractivity contribution in [1.82, 2.24) is 4.57 Å². The minimum absolute atomic E-state index is 0.0105. The fraction of sp³-hybridized carbons (Fsp3) is 0.636. The van der Waals surface area contributed by atoms with Crippen molar-refractivity contribution in [2.45, 2.75) is 37.9 Å². The van der Waals surface area contributed by atoms with E-state index in [-0.39, 0.29) is 23.6 Å². The number of aromatic nitrogens is 1. The SMILES string of the molecule is CCC(N)Cc1ccn(CCSC(F)(F)F)c1. The molecular formula is C11H17F3N2S. The molecule has 2 N–H and O–H groups in total. The smallest absolute Gasteiger partial charge is 0.353 e. The molecule has 0 radical (unpaired) electrons. The second-order valence-electron chi connectivity index (χ2n) is 3.92. The molecule has 0 saturated heterocycles. The summed E-state index contributed by atoms with van der Waals surface area (Å²) in [5, 5.41) is 0. The lowest BCUT2D eigenvalue weighted by atomic mass is 10.1. The Morgan fingerprint density at radius 3 is 2.76 bits per heavy atom. The van der Waals surface area contributed by atoms with E-state index in [1.54, 1.807) is 10.8 Å². The summed E-state index contributed by atoms with van der Waals surface area (Å²) in [6, 6.07) is 2.03. The number of nitrogens with two attached hydrogens (primary N) is 1. The highest BCUT2D eigenvalue weighted by molar-refractivity contribution is 8.00. The summed E-state index contributed by atoms with van der Waals surface area (Å²) >= 11 is 0.0105. The molecule has 1 heterocycles. The van der Waals surface area contributed by atoms with E-state index in [9.17, 15) is 13.2 Å². The molecule has 1 aromatic heterocycles. The lowest BCUT2D eigenvalue weighted by Gasteiger charge is -2.07. The van der Waals surface area contributed by atoms with Crippen LogP contribution in [0.25, 0.3) is 0 Å². The average Bonchev–Trinajstić information content (AvgIpc) is 2.63. The van der Waals surface area contributed by atoms with E-state index in [0.29, 0.717) is 6.54 Å². The van der Waals surface area contributed by atoms with Crippen molar-refractivity contribution in [2.24, 2.45) is 5.73 Å². The van der Waals surface area contributed by atoms with Crippen LogP contribution in [0.1, 0.15) is 18.9 Å². The monoisotopic (exact) mass is 266 g/mol. The van der Waals surface area contributed by atoms with Gasteiger partial charge >= 0.3 is 5.51 Å². The zero-order valence-electron chi connectivity index (χ0n) is 9.70.